The van der Waals surface area contributed by atoms with Crippen molar-refractivity contribution in [1.82, 2.24) is 5.43 Å². The third kappa shape index (κ3) is 5.44. The molecular formula is C22H17Cl2N3O2. The molecule has 0 unspecified atom stereocenters. The van der Waals surface area contributed by atoms with Crippen LogP contribution in [0.5, 0.6) is 0 Å². The van der Waals surface area contributed by atoms with Gasteiger partial charge in [0.1, 0.15) is 0 Å². The summed E-state index contributed by atoms with van der Waals surface area (Å²) < 4.78 is 0. The van der Waals surface area contributed by atoms with Gasteiger partial charge in [-0.05, 0) is 55.0 Å². The molecule has 5 nitrogen and oxygen atoms in total. The van der Waals surface area contributed by atoms with Crippen LogP contribution < -0.4 is 10.7 Å². The predicted octanol–water partition coefficient (Wildman–Crippen LogP) is 5.40. The molecule has 0 saturated heterocycles. The third-order valence-corrected chi connectivity index (χ3v) is 4.62. The maximum atomic E-state index is 12.3. The lowest BCUT2D eigenvalue weighted by molar-refractivity contribution is 0.0954. The van der Waals surface area contributed by atoms with E-state index in [0.29, 0.717) is 22.0 Å². The Morgan fingerprint density at radius 3 is 2.28 bits per heavy atom. The molecule has 0 aliphatic heterocycles. The van der Waals surface area contributed by atoms with Gasteiger partial charge in [-0.2, -0.15) is 5.10 Å². The molecule has 2 amide bonds. The van der Waals surface area contributed by atoms with Gasteiger partial charge in [-0.25, -0.2) is 5.43 Å². The standard InChI is InChI=1S/C22H17Cl2N3O2/c1-14(26-27-22(29)19-11-10-17(23)13-20(19)24)16-8-5-9-18(12-16)25-21(28)15-6-3-2-4-7-15/h2-13H,1H3,(H,25,28)(H,27,29)/b26-14-. The van der Waals surface area contributed by atoms with Crippen LogP contribution in [0.3, 0.4) is 0 Å². The predicted molar refractivity (Wildman–Crippen MR) is 117 cm³/mol. The topological polar surface area (TPSA) is 70.6 Å². The Bertz CT molecular complexity index is 1080. The van der Waals surface area contributed by atoms with Gasteiger partial charge in [0.15, 0.2) is 0 Å². The van der Waals surface area contributed by atoms with E-state index in [1.807, 2.05) is 12.1 Å². The highest BCUT2D eigenvalue weighted by atomic mass is 35.5. The molecule has 0 aliphatic rings. The molecule has 0 atom stereocenters. The van der Waals surface area contributed by atoms with E-state index in [9.17, 15) is 9.59 Å². The van der Waals surface area contributed by atoms with E-state index in [4.69, 9.17) is 23.2 Å². The van der Waals surface area contributed by atoms with Crippen molar-refractivity contribution in [3.63, 3.8) is 0 Å². The Morgan fingerprint density at radius 1 is 0.828 bits per heavy atom. The second-order valence-electron chi connectivity index (χ2n) is 6.16. The van der Waals surface area contributed by atoms with Crippen LogP contribution in [0.25, 0.3) is 0 Å². The zero-order chi connectivity index (χ0) is 20.8. The zero-order valence-corrected chi connectivity index (χ0v) is 17.0. The first-order valence-corrected chi connectivity index (χ1v) is 9.46. The molecule has 0 fully saturated rings. The minimum absolute atomic E-state index is 0.206. The molecule has 0 bridgehead atoms. The Morgan fingerprint density at radius 2 is 1.55 bits per heavy atom. The summed E-state index contributed by atoms with van der Waals surface area (Å²) in [4.78, 5) is 24.6. The van der Waals surface area contributed by atoms with Crippen molar-refractivity contribution in [3.8, 4) is 0 Å². The molecule has 146 valence electrons. The molecule has 7 heteroatoms. The van der Waals surface area contributed by atoms with Crippen molar-refractivity contribution in [3.05, 3.63) is 99.5 Å². The van der Waals surface area contributed by atoms with Gasteiger partial charge in [-0.1, -0.05) is 53.5 Å². The van der Waals surface area contributed by atoms with E-state index in [-0.39, 0.29) is 16.5 Å². The number of rotatable bonds is 5. The lowest BCUT2D eigenvalue weighted by Crippen LogP contribution is -2.19. The van der Waals surface area contributed by atoms with Crippen molar-refractivity contribution < 1.29 is 9.59 Å². The molecule has 29 heavy (non-hydrogen) atoms. The van der Waals surface area contributed by atoms with E-state index in [0.717, 1.165) is 5.56 Å². The summed E-state index contributed by atoms with van der Waals surface area (Å²) in [6, 6.07) is 20.7. The Balaban J connectivity index is 1.70. The van der Waals surface area contributed by atoms with Crippen LogP contribution in [0.1, 0.15) is 33.2 Å². The second kappa shape index (κ2) is 9.37. The highest BCUT2D eigenvalue weighted by Crippen LogP contribution is 2.21. The molecule has 0 aromatic heterocycles. The molecule has 0 radical (unpaired) electrons. The van der Waals surface area contributed by atoms with Gasteiger partial charge in [0.25, 0.3) is 11.8 Å². The van der Waals surface area contributed by atoms with E-state index in [1.54, 1.807) is 55.5 Å². The van der Waals surface area contributed by atoms with Crippen molar-refractivity contribution in [1.29, 1.82) is 0 Å². The summed E-state index contributed by atoms with van der Waals surface area (Å²) in [7, 11) is 0. The van der Waals surface area contributed by atoms with E-state index >= 15 is 0 Å². The first-order chi connectivity index (χ1) is 13.9. The molecule has 0 spiro atoms. The maximum Gasteiger partial charge on any atom is 0.272 e. The normalized spacial score (nSPS) is 11.1. The van der Waals surface area contributed by atoms with E-state index in [2.05, 4.69) is 15.8 Å². The minimum Gasteiger partial charge on any atom is -0.322 e. The number of anilines is 1. The molecular weight excluding hydrogens is 409 g/mol. The Labute approximate surface area is 178 Å². The lowest BCUT2D eigenvalue weighted by atomic mass is 10.1. The van der Waals surface area contributed by atoms with Crippen LogP contribution in [0.4, 0.5) is 5.69 Å². The van der Waals surface area contributed by atoms with Gasteiger partial charge < -0.3 is 5.32 Å². The van der Waals surface area contributed by atoms with Crippen LogP contribution in [0.15, 0.2) is 77.9 Å². The molecule has 3 rings (SSSR count). The summed E-state index contributed by atoms with van der Waals surface area (Å²) >= 11 is 11.9. The molecule has 3 aromatic carbocycles. The molecule has 0 aliphatic carbocycles. The Hall–Kier alpha value is -3.15. The average Bonchev–Trinajstić information content (AvgIpc) is 2.72. The smallest absolute Gasteiger partial charge is 0.272 e. The van der Waals surface area contributed by atoms with Crippen LogP contribution in [0.2, 0.25) is 10.0 Å². The van der Waals surface area contributed by atoms with Gasteiger partial charge in [-0.3, -0.25) is 9.59 Å². The fourth-order valence-corrected chi connectivity index (χ4v) is 3.04. The number of halogens is 2. The average molecular weight is 426 g/mol. The highest BCUT2D eigenvalue weighted by Gasteiger charge is 2.11. The number of nitrogens with zero attached hydrogens (tertiary/aromatic N) is 1. The summed E-state index contributed by atoms with van der Waals surface area (Å²) in [5.41, 5.74) is 5.26. The summed E-state index contributed by atoms with van der Waals surface area (Å²) in [5, 5.41) is 7.66. The number of carbonyl (C=O) groups is 2. The van der Waals surface area contributed by atoms with Gasteiger partial charge in [-0.15, -0.1) is 0 Å². The first kappa shape index (κ1) is 20.6. The van der Waals surface area contributed by atoms with Crippen LogP contribution >= 0.6 is 23.2 Å². The van der Waals surface area contributed by atoms with Gasteiger partial charge in [0.2, 0.25) is 0 Å². The lowest BCUT2D eigenvalue weighted by Gasteiger charge is -2.08. The second-order valence-corrected chi connectivity index (χ2v) is 7.01. The van der Waals surface area contributed by atoms with Crippen LogP contribution in [0, 0.1) is 0 Å². The number of nitrogens with one attached hydrogen (secondary N) is 2. The van der Waals surface area contributed by atoms with Crippen LogP contribution in [-0.2, 0) is 0 Å². The fraction of sp³-hybridized carbons (Fsp3) is 0.0455. The van der Waals surface area contributed by atoms with E-state index < -0.39 is 5.91 Å². The monoisotopic (exact) mass is 425 g/mol. The number of hydrogen-bond donors (Lipinski definition) is 2. The largest absolute Gasteiger partial charge is 0.322 e. The van der Waals surface area contributed by atoms with Gasteiger partial charge in [0.05, 0.1) is 16.3 Å². The SMILES string of the molecule is C/C(=N/NC(=O)c1ccc(Cl)cc1Cl)c1cccc(NC(=O)c2ccccc2)c1. The van der Waals surface area contributed by atoms with Gasteiger partial charge in [0, 0.05) is 16.3 Å². The molecule has 0 heterocycles. The number of hydrazone groups is 1. The Kier molecular flexibility index (Phi) is 6.65. The van der Waals surface area contributed by atoms with Crippen molar-refractivity contribution in [2.24, 2.45) is 5.10 Å². The zero-order valence-electron chi connectivity index (χ0n) is 15.4. The van der Waals surface area contributed by atoms with Crippen LogP contribution in [-0.4, -0.2) is 17.5 Å². The van der Waals surface area contributed by atoms with Gasteiger partial charge >= 0.3 is 0 Å². The summed E-state index contributed by atoms with van der Waals surface area (Å²) in [6.45, 7) is 1.75. The molecule has 3 aromatic rings. The molecule has 2 N–H and O–H groups in total. The van der Waals surface area contributed by atoms with E-state index in [1.165, 1.54) is 12.1 Å². The maximum absolute atomic E-state index is 12.3. The third-order valence-electron chi connectivity index (χ3n) is 4.08. The molecule has 0 saturated carbocycles. The minimum atomic E-state index is -0.445. The fourth-order valence-electron chi connectivity index (χ4n) is 2.55. The first-order valence-electron chi connectivity index (χ1n) is 8.70. The van der Waals surface area contributed by atoms with Crippen molar-refractivity contribution in [2.45, 2.75) is 6.92 Å². The summed E-state index contributed by atoms with van der Waals surface area (Å²) in [6.07, 6.45) is 0. The van der Waals surface area contributed by atoms with Crippen molar-refractivity contribution in [2.75, 3.05) is 5.32 Å². The highest BCUT2D eigenvalue weighted by molar-refractivity contribution is 6.36. The number of amides is 2. The number of carbonyl (C=O) groups excluding carboxylic acids is 2. The number of benzene rings is 3. The summed E-state index contributed by atoms with van der Waals surface area (Å²) in [5.74, 6) is -0.650. The number of hydrogen-bond acceptors (Lipinski definition) is 3. The van der Waals surface area contributed by atoms with Crippen molar-refractivity contribution >= 4 is 46.4 Å². The quantitative estimate of drug-likeness (QED) is 0.424.